The summed E-state index contributed by atoms with van der Waals surface area (Å²) < 4.78 is 46.8. The van der Waals surface area contributed by atoms with Gasteiger partial charge in [-0.2, -0.15) is 13.2 Å². The van der Waals surface area contributed by atoms with Crippen LogP contribution in [-0.4, -0.2) is 30.8 Å². The third-order valence-electron chi connectivity index (χ3n) is 2.30. The lowest BCUT2D eigenvalue weighted by Gasteiger charge is -2.08. The van der Waals surface area contributed by atoms with Crippen molar-refractivity contribution in [3.63, 3.8) is 0 Å². The first-order valence-corrected chi connectivity index (χ1v) is 5.79. The zero-order valence-corrected chi connectivity index (χ0v) is 9.97. The Balaban J connectivity index is 2.06. The molecule has 9 heteroatoms. The van der Waals surface area contributed by atoms with E-state index in [0.717, 1.165) is 0 Å². The van der Waals surface area contributed by atoms with Crippen LogP contribution in [0.2, 0.25) is 0 Å². The summed E-state index contributed by atoms with van der Waals surface area (Å²) in [6, 6.07) is 0. The van der Waals surface area contributed by atoms with Crippen LogP contribution >= 0.6 is 11.3 Å². The SMILES string of the molecule is COC(=O)C1NCC(c2csc(C(F)(F)F)n2)O1. The zero-order valence-electron chi connectivity index (χ0n) is 9.15. The van der Waals surface area contributed by atoms with Gasteiger partial charge in [0.1, 0.15) is 6.10 Å². The quantitative estimate of drug-likeness (QED) is 0.829. The molecule has 0 aromatic carbocycles. The lowest BCUT2D eigenvalue weighted by Crippen LogP contribution is -2.32. The molecule has 0 saturated carbocycles. The molecule has 5 nitrogen and oxygen atoms in total. The van der Waals surface area contributed by atoms with E-state index in [-0.39, 0.29) is 12.2 Å². The summed E-state index contributed by atoms with van der Waals surface area (Å²) in [4.78, 5) is 14.6. The number of halogens is 3. The van der Waals surface area contributed by atoms with Crippen molar-refractivity contribution in [2.24, 2.45) is 0 Å². The maximum Gasteiger partial charge on any atom is 0.443 e. The van der Waals surface area contributed by atoms with Crippen molar-refractivity contribution in [2.45, 2.75) is 18.5 Å². The Bertz CT molecular complexity index is 449. The van der Waals surface area contributed by atoms with E-state index >= 15 is 0 Å². The average molecular weight is 282 g/mol. The van der Waals surface area contributed by atoms with Gasteiger partial charge in [0.2, 0.25) is 6.23 Å². The van der Waals surface area contributed by atoms with Gasteiger partial charge >= 0.3 is 12.1 Å². The second kappa shape index (κ2) is 4.82. The van der Waals surface area contributed by atoms with Gasteiger partial charge < -0.3 is 9.47 Å². The molecular weight excluding hydrogens is 273 g/mol. The Morgan fingerprint density at radius 2 is 2.39 bits per heavy atom. The Morgan fingerprint density at radius 1 is 1.67 bits per heavy atom. The number of hydrogen-bond acceptors (Lipinski definition) is 6. The highest BCUT2D eigenvalue weighted by atomic mass is 32.1. The number of alkyl halides is 3. The van der Waals surface area contributed by atoms with Crippen LogP contribution in [-0.2, 0) is 20.4 Å². The van der Waals surface area contributed by atoms with Gasteiger partial charge in [-0.05, 0) is 0 Å². The molecule has 0 aliphatic carbocycles. The largest absolute Gasteiger partial charge is 0.466 e. The summed E-state index contributed by atoms with van der Waals surface area (Å²) >= 11 is 0.499. The summed E-state index contributed by atoms with van der Waals surface area (Å²) in [5, 5.41) is 3.03. The highest BCUT2D eigenvalue weighted by Gasteiger charge is 2.37. The number of nitrogens with zero attached hydrogens (tertiary/aromatic N) is 1. The van der Waals surface area contributed by atoms with Crippen molar-refractivity contribution < 1.29 is 27.4 Å². The Kier molecular flexibility index (Phi) is 3.55. The molecule has 1 saturated heterocycles. The lowest BCUT2D eigenvalue weighted by molar-refractivity contribution is -0.154. The molecule has 0 bridgehead atoms. The number of thiazole rings is 1. The first-order valence-electron chi connectivity index (χ1n) is 4.91. The van der Waals surface area contributed by atoms with Crippen LogP contribution in [0.4, 0.5) is 13.2 Å². The summed E-state index contributed by atoms with van der Waals surface area (Å²) in [6.07, 6.45) is -6.10. The fourth-order valence-corrected chi connectivity index (χ4v) is 2.19. The standard InChI is InChI=1S/C9H9F3N2O3S/c1-16-7(15)6-13-2-5(17-6)4-3-18-8(14-4)9(10,11)12/h3,5-6,13H,2H2,1H3. The minimum Gasteiger partial charge on any atom is -0.466 e. The highest BCUT2D eigenvalue weighted by Crippen LogP contribution is 2.34. The predicted octanol–water partition coefficient (Wildman–Crippen LogP) is 1.32. The van der Waals surface area contributed by atoms with Gasteiger partial charge in [-0.15, -0.1) is 11.3 Å². The van der Waals surface area contributed by atoms with Crippen molar-refractivity contribution in [2.75, 3.05) is 13.7 Å². The van der Waals surface area contributed by atoms with Gasteiger partial charge in [0.25, 0.3) is 0 Å². The number of carbonyl (C=O) groups excluding carboxylic acids is 1. The zero-order chi connectivity index (χ0) is 13.3. The molecule has 1 fully saturated rings. The van der Waals surface area contributed by atoms with Gasteiger partial charge in [0, 0.05) is 11.9 Å². The minimum absolute atomic E-state index is 0.159. The van der Waals surface area contributed by atoms with Gasteiger partial charge in [0.05, 0.1) is 12.8 Å². The second-order valence-electron chi connectivity index (χ2n) is 3.51. The summed E-state index contributed by atoms with van der Waals surface area (Å²) in [7, 11) is 1.20. The van der Waals surface area contributed by atoms with Gasteiger partial charge in [-0.1, -0.05) is 0 Å². The molecule has 1 aromatic rings. The number of carbonyl (C=O) groups is 1. The smallest absolute Gasteiger partial charge is 0.443 e. The van der Waals surface area contributed by atoms with Gasteiger partial charge in [-0.25, -0.2) is 9.78 Å². The number of hydrogen-bond donors (Lipinski definition) is 1. The molecule has 1 aliphatic rings. The van der Waals surface area contributed by atoms with Crippen LogP contribution in [0.3, 0.4) is 0 Å². The van der Waals surface area contributed by atoms with Gasteiger partial charge in [0.15, 0.2) is 5.01 Å². The van der Waals surface area contributed by atoms with Crippen molar-refractivity contribution in [1.82, 2.24) is 10.3 Å². The third-order valence-corrected chi connectivity index (χ3v) is 3.20. The predicted molar refractivity (Wildman–Crippen MR) is 54.7 cm³/mol. The van der Waals surface area contributed by atoms with E-state index in [2.05, 4.69) is 15.0 Å². The van der Waals surface area contributed by atoms with E-state index < -0.39 is 29.5 Å². The molecule has 1 N–H and O–H groups in total. The van der Waals surface area contributed by atoms with Crippen LogP contribution in [0, 0.1) is 0 Å². The number of methoxy groups -OCH3 is 1. The van der Waals surface area contributed by atoms with Gasteiger partial charge in [-0.3, -0.25) is 5.32 Å². The number of rotatable bonds is 2. The van der Waals surface area contributed by atoms with E-state index in [9.17, 15) is 18.0 Å². The Labute approximate surface area is 104 Å². The molecule has 100 valence electrons. The summed E-state index contributed by atoms with van der Waals surface area (Å²) in [5.74, 6) is -0.622. The molecule has 2 heterocycles. The molecule has 0 radical (unpaired) electrons. The molecule has 2 unspecified atom stereocenters. The fraction of sp³-hybridized carbons (Fsp3) is 0.556. The van der Waals surface area contributed by atoms with Crippen LogP contribution in [0.1, 0.15) is 16.8 Å². The number of aromatic nitrogens is 1. The van der Waals surface area contributed by atoms with E-state index in [1.807, 2.05) is 0 Å². The molecule has 1 aromatic heterocycles. The lowest BCUT2D eigenvalue weighted by atomic mass is 10.3. The molecular formula is C9H9F3N2O3S. The highest BCUT2D eigenvalue weighted by molar-refractivity contribution is 7.09. The van der Waals surface area contributed by atoms with Crippen molar-refractivity contribution in [1.29, 1.82) is 0 Å². The van der Waals surface area contributed by atoms with E-state index in [0.29, 0.717) is 11.3 Å². The van der Waals surface area contributed by atoms with Crippen LogP contribution in [0.15, 0.2) is 5.38 Å². The van der Waals surface area contributed by atoms with Crippen molar-refractivity contribution in [3.05, 3.63) is 16.1 Å². The van der Waals surface area contributed by atoms with Crippen molar-refractivity contribution in [3.8, 4) is 0 Å². The fourth-order valence-electron chi connectivity index (χ4n) is 1.46. The van der Waals surface area contributed by atoms with E-state index in [1.54, 1.807) is 0 Å². The molecule has 0 amide bonds. The van der Waals surface area contributed by atoms with Crippen LogP contribution in [0.5, 0.6) is 0 Å². The first-order chi connectivity index (χ1) is 8.41. The molecule has 0 spiro atoms. The minimum atomic E-state index is -4.46. The van der Waals surface area contributed by atoms with E-state index in [1.165, 1.54) is 12.5 Å². The van der Waals surface area contributed by atoms with E-state index in [4.69, 9.17) is 4.74 Å². The monoisotopic (exact) mass is 282 g/mol. The number of nitrogens with one attached hydrogen (secondary N) is 1. The normalized spacial score (nSPS) is 24.2. The molecule has 1 aliphatic heterocycles. The van der Waals surface area contributed by atoms with Crippen LogP contribution in [0.25, 0.3) is 0 Å². The molecule has 2 atom stereocenters. The Morgan fingerprint density at radius 3 is 2.94 bits per heavy atom. The summed E-state index contributed by atoms with van der Waals surface area (Å²) in [5.41, 5.74) is 0.159. The molecule has 2 rings (SSSR count). The van der Waals surface area contributed by atoms with Crippen molar-refractivity contribution >= 4 is 17.3 Å². The maximum absolute atomic E-state index is 12.4. The second-order valence-corrected chi connectivity index (χ2v) is 4.37. The average Bonchev–Trinajstić information content (AvgIpc) is 2.94. The topological polar surface area (TPSA) is 60.5 Å². The third kappa shape index (κ3) is 2.62. The summed E-state index contributed by atoms with van der Waals surface area (Å²) in [6.45, 7) is 0.209. The maximum atomic E-state index is 12.4. The Hall–Kier alpha value is -1.19. The number of esters is 1. The first kappa shape index (κ1) is 13.2. The van der Waals surface area contributed by atoms with Crippen LogP contribution < -0.4 is 5.32 Å². The molecule has 18 heavy (non-hydrogen) atoms. The number of ether oxygens (including phenoxy) is 2.